The summed E-state index contributed by atoms with van der Waals surface area (Å²) in [5.41, 5.74) is 3.44. The molecule has 0 aliphatic carbocycles. The molecule has 19 heavy (non-hydrogen) atoms. The number of aromatic nitrogens is 2. The minimum Gasteiger partial charge on any atom is -0.338 e. The normalized spacial score (nSPS) is 11.1. The van der Waals surface area contributed by atoms with Crippen molar-refractivity contribution in [1.29, 1.82) is 0 Å². The van der Waals surface area contributed by atoms with Gasteiger partial charge in [-0.25, -0.2) is 0 Å². The molecule has 0 unspecified atom stereocenters. The summed E-state index contributed by atoms with van der Waals surface area (Å²) in [6, 6.07) is 16.5. The smallest absolute Gasteiger partial charge is 0.160 e. The third-order valence-corrected chi connectivity index (χ3v) is 3.29. The van der Waals surface area contributed by atoms with Crippen LogP contribution in [0.5, 0.6) is 0 Å². The maximum Gasteiger partial charge on any atom is 0.160 e. The van der Waals surface area contributed by atoms with Gasteiger partial charge in [-0.2, -0.15) is 5.10 Å². The highest BCUT2D eigenvalue weighted by molar-refractivity contribution is 5.91. The van der Waals surface area contributed by atoms with Gasteiger partial charge in [-0.05, 0) is 35.7 Å². The second-order valence-electron chi connectivity index (χ2n) is 5.02. The van der Waals surface area contributed by atoms with Crippen LogP contribution in [-0.2, 0) is 0 Å². The molecule has 0 saturated heterocycles. The quantitative estimate of drug-likeness (QED) is 0.723. The van der Waals surface area contributed by atoms with Crippen LogP contribution >= 0.6 is 0 Å². The number of rotatable bonds is 3. The lowest BCUT2D eigenvalue weighted by Crippen LogP contribution is -1.90. The largest absolute Gasteiger partial charge is 0.338 e. The summed E-state index contributed by atoms with van der Waals surface area (Å²) in [7, 11) is 0. The Kier molecular flexibility index (Phi) is 2.95. The molecule has 1 aromatic heterocycles. The highest BCUT2D eigenvalue weighted by Gasteiger charge is 2.07. The monoisotopic (exact) mass is 251 g/mol. The first-order valence-electron chi connectivity index (χ1n) is 6.54. The van der Waals surface area contributed by atoms with Crippen LogP contribution in [0, 0.1) is 0 Å². The van der Waals surface area contributed by atoms with Crippen molar-refractivity contribution >= 4 is 22.4 Å². The number of aromatic amines is 1. The van der Waals surface area contributed by atoms with E-state index in [9.17, 15) is 0 Å². The molecular formula is C16H17N3. The van der Waals surface area contributed by atoms with E-state index < -0.39 is 0 Å². The molecule has 2 N–H and O–H groups in total. The number of para-hydroxylation sites is 1. The van der Waals surface area contributed by atoms with Crippen molar-refractivity contribution in [3.05, 3.63) is 54.1 Å². The molecule has 0 spiro atoms. The third kappa shape index (κ3) is 2.32. The summed E-state index contributed by atoms with van der Waals surface area (Å²) in [4.78, 5) is 0. The Morgan fingerprint density at radius 1 is 1.05 bits per heavy atom. The Labute approximate surface area is 112 Å². The summed E-state index contributed by atoms with van der Waals surface area (Å²) >= 11 is 0. The van der Waals surface area contributed by atoms with E-state index in [1.807, 2.05) is 30.3 Å². The summed E-state index contributed by atoms with van der Waals surface area (Å²) < 4.78 is 0. The molecule has 0 bridgehead atoms. The molecule has 3 aromatic rings. The van der Waals surface area contributed by atoms with E-state index in [4.69, 9.17) is 0 Å². The number of nitrogens with one attached hydrogen (secondary N) is 2. The lowest BCUT2D eigenvalue weighted by molar-refractivity contribution is 0.868. The highest BCUT2D eigenvalue weighted by atomic mass is 15.2. The van der Waals surface area contributed by atoms with Crippen molar-refractivity contribution < 1.29 is 0 Å². The summed E-state index contributed by atoms with van der Waals surface area (Å²) in [5, 5.41) is 11.9. The molecule has 1 heterocycles. The van der Waals surface area contributed by atoms with Crippen LogP contribution in [0.1, 0.15) is 25.3 Å². The van der Waals surface area contributed by atoms with Crippen molar-refractivity contribution in [2.24, 2.45) is 0 Å². The Bertz CT molecular complexity index is 684. The lowest BCUT2D eigenvalue weighted by atomic mass is 10.0. The van der Waals surface area contributed by atoms with Crippen LogP contribution in [-0.4, -0.2) is 10.2 Å². The molecule has 3 rings (SSSR count). The molecule has 0 radical (unpaired) electrons. The fourth-order valence-corrected chi connectivity index (χ4v) is 2.15. The second kappa shape index (κ2) is 4.76. The van der Waals surface area contributed by atoms with E-state index >= 15 is 0 Å². The topological polar surface area (TPSA) is 40.7 Å². The van der Waals surface area contributed by atoms with Crippen molar-refractivity contribution in [2.75, 3.05) is 5.32 Å². The van der Waals surface area contributed by atoms with E-state index in [0.29, 0.717) is 5.92 Å². The molecule has 3 nitrogen and oxygen atoms in total. The zero-order chi connectivity index (χ0) is 13.2. The zero-order valence-electron chi connectivity index (χ0n) is 11.1. The van der Waals surface area contributed by atoms with Crippen LogP contribution in [0.3, 0.4) is 0 Å². The first-order valence-corrected chi connectivity index (χ1v) is 6.54. The van der Waals surface area contributed by atoms with Crippen molar-refractivity contribution in [3.63, 3.8) is 0 Å². The Balaban J connectivity index is 1.97. The van der Waals surface area contributed by atoms with Gasteiger partial charge < -0.3 is 5.32 Å². The molecule has 0 aliphatic heterocycles. The number of hydrogen-bond acceptors (Lipinski definition) is 2. The number of hydrogen-bond donors (Lipinski definition) is 2. The molecular weight excluding hydrogens is 234 g/mol. The van der Waals surface area contributed by atoms with Gasteiger partial charge in [0.25, 0.3) is 0 Å². The zero-order valence-corrected chi connectivity index (χ0v) is 11.1. The summed E-state index contributed by atoms with van der Waals surface area (Å²) in [6.07, 6.45) is 0. The van der Waals surface area contributed by atoms with Crippen LogP contribution in [0.25, 0.3) is 10.9 Å². The molecule has 0 amide bonds. The number of anilines is 2. The first-order chi connectivity index (χ1) is 9.24. The molecule has 0 aliphatic rings. The van der Waals surface area contributed by atoms with Gasteiger partial charge in [-0.15, -0.1) is 0 Å². The highest BCUT2D eigenvalue weighted by Crippen LogP contribution is 2.26. The third-order valence-electron chi connectivity index (χ3n) is 3.29. The standard InChI is InChI=1S/C16H17N3/c1-11(2)12-8-9-14-15(10-12)18-19-16(14)17-13-6-4-3-5-7-13/h3-11H,1-2H3,(H2,17,18,19). The molecule has 0 atom stereocenters. The van der Waals surface area contributed by atoms with E-state index in [1.54, 1.807) is 0 Å². The van der Waals surface area contributed by atoms with Crippen LogP contribution in [0.15, 0.2) is 48.5 Å². The molecule has 0 saturated carbocycles. The molecule has 3 heteroatoms. The minimum absolute atomic E-state index is 0.526. The molecule has 2 aromatic carbocycles. The van der Waals surface area contributed by atoms with E-state index in [2.05, 4.69) is 47.6 Å². The first kappa shape index (κ1) is 11.8. The Hall–Kier alpha value is -2.29. The van der Waals surface area contributed by atoms with Crippen molar-refractivity contribution in [1.82, 2.24) is 10.2 Å². The fraction of sp³-hybridized carbons (Fsp3) is 0.188. The average Bonchev–Trinajstić information content (AvgIpc) is 2.82. The second-order valence-corrected chi connectivity index (χ2v) is 5.02. The van der Waals surface area contributed by atoms with E-state index in [0.717, 1.165) is 22.4 Å². The van der Waals surface area contributed by atoms with Gasteiger partial charge >= 0.3 is 0 Å². The van der Waals surface area contributed by atoms with Crippen LogP contribution < -0.4 is 5.32 Å². The molecule has 0 fully saturated rings. The molecule has 96 valence electrons. The Morgan fingerprint density at radius 3 is 2.58 bits per heavy atom. The predicted octanol–water partition coefficient (Wildman–Crippen LogP) is 4.43. The van der Waals surface area contributed by atoms with Gasteiger partial charge in [0.1, 0.15) is 0 Å². The van der Waals surface area contributed by atoms with Crippen LogP contribution in [0.4, 0.5) is 11.5 Å². The SMILES string of the molecule is CC(C)c1ccc2c(Nc3ccccc3)n[nH]c2c1. The van der Waals surface area contributed by atoms with Crippen molar-refractivity contribution in [3.8, 4) is 0 Å². The summed E-state index contributed by atoms with van der Waals surface area (Å²) in [6.45, 7) is 4.39. The van der Waals surface area contributed by atoms with E-state index in [-0.39, 0.29) is 0 Å². The van der Waals surface area contributed by atoms with Crippen molar-refractivity contribution in [2.45, 2.75) is 19.8 Å². The van der Waals surface area contributed by atoms with Gasteiger partial charge in [0, 0.05) is 11.1 Å². The van der Waals surface area contributed by atoms with E-state index in [1.165, 1.54) is 5.56 Å². The number of H-pyrrole nitrogens is 1. The van der Waals surface area contributed by atoms with Gasteiger partial charge in [-0.3, -0.25) is 5.10 Å². The maximum atomic E-state index is 4.35. The lowest BCUT2D eigenvalue weighted by Gasteiger charge is -2.05. The van der Waals surface area contributed by atoms with Gasteiger partial charge in [0.2, 0.25) is 0 Å². The predicted molar refractivity (Wildman–Crippen MR) is 79.9 cm³/mol. The number of nitrogens with zero attached hydrogens (tertiary/aromatic N) is 1. The van der Waals surface area contributed by atoms with Gasteiger partial charge in [0.05, 0.1) is 5.52 Å². The minimum atomic E-state index is 0.526. The number of benzene rings is 2. The van der Waals surface area contributed by atoms with Gasteiger partial charge in [-0.1, -0.05) is 38.1 Å². The fourth-order valence-electron chi connectivity index (χ4n) is 2.15. The Morgan fingerprint density at radius 2 is 1.84 bits per heavy atom. The number of fused-ring (bicyclic) bond motifs is 1. The average molecular weight is 251 g/mol. The van der Waals surface area contributed by atoms with Gasteiger partial charge in [0.15, 0.2) is 5.82 Å². The maximum absolute atomic E-state index is 4.35. The summed E-state index contributed by atoms with van der Waals surface area (Å²) in [5.74, 6) is 1.40. The van der Waals surface area contributed by atoms with Crippen LogP contribution in [0.2, 0.25) is 0 Å².